The van der Waals surface area contributed by atoms with E-state index >= 15 is 0 Å². The van der Waals surface area contributed by atoms with Crippen molar-refractivity contribution in [2.24, 2.45) is 0 Å². The lowest BCUT2D eigenvalue weighted by Crippen LogP contribution is -2.44. The van der Waals surface area contributed by atoms with Crippen LogP contribution in [0, 0.1) is 0 Å². The standard InChI is InChI=1S/C16H21NO5/c1-16(2,6-5-15(19)20)17-14(18)10-11-3-4-12-13(9-11)22-8-7-21-12/h3-4,9H,5-8,10H2,1-2H3,(H,17,18)(H,19,20). The smallest absolute Gasteiger partial charge is 0.303 e. The molecule has 6 nitrogen and oxygen atoms in total. The number of nitrogens with one attached hydrogen (secondary N) is 1. The second-order valence-corrected chi connectivity index (χ2v) is 5.98. The second-order valence-electron chi connectivity index (χ2n) is 5.98. The molecule has 0 atom stereocenters. The molecule has 0 radical (unpaired) electrons. The lowest BCUT2D eigenvalue weighted by molar-refractivity contribution is -0.137. The van der Waals surface area contributed by atoms with Gasteiger partial charge in [0.1, 0.15) is 13.2 Å². The minimum absolute atomic E-state index is 0.0251. The maximum absolute atomic E-state index is 12.1. The number of hydrogen-bond acceptors (Lipinski definition) is 4. The van der Waals surface area contributed by atoms with Crippen molar-refractivity contribution in [3.63, 3.8) is 0 Å². The van der Waals surface area contributed by atoms with E-state index in [9.17, 15) is 9.59 Å². The van der Waals surface area contributed by atoms with E-state index in [2.05, 4.69) is 5.32 Å². The van der Waals surface area contributed by atoms with E-state index in [1.54, 1.807) is 12.1 Å². The zero-order valence-corrected chi connectivity index (χ0v) is 12.8. The van der Waals surface area contributed by atoms with Gasteiger partial charge in [-0.25, -0.2) is 0 Å². The van der Waals surface area contributed by atoms with E-state index in [1.807, 2.05) is 19.9 Å². The first-order chi connectivity index (χ1) is 10.4. The number of carbonyl (C=O) groups is 2. The molecule has 1 aliphatic heterocycles. The number of aliphatic carboxylic acids is 1. The normalized spacial score (nSPS) is 13.5. The van der Waals surface area contributed by atoms with Crippen molar-refractivity contribution >= 4 is 11.9 Å². The van der Waals surface area contributed by atoms with Crippen molar-refractivity contribution in [3.05, 3.63) is 23.8 Å². The molecule has 22 heavy (non-hydrogen) atoms. The Morgan fingerprint density at radius 1 is 1.23 bits per heavy atom. The highest BCUT2D eigenvalue weighted by atomic mass is 16.6. The van der Waals surface area contributed by atoms with Crippen LogP contribution in [-0.2, 0) is 16.0 Å². The van der Waals surface area contributed by atoms with Crippen molar-refractivity contribution in [1.82, 2.24) is 5.32 Å². The van der Waals surface area contributed by atoms with Crippen LogP contribution in [-0.4, -0.2) is 35.7 Å². The van der Waals surface area contributed by atoms with Gasteiger partial charge in [0.2, 0.25) is 5.91 Å². The first-order valence-corrected chi connectivity index (χ1v) is 7.27. The molecule has 1 aromatic rings. The molecule has 120 valence electrons. The number of rotatable bonds is 6. The van der Waals surface area contributed by atoms with E-state index in [0.29, 0.717) is 31.1 Å². The summed E-state index contributed by atoms with van der Waals surface area (Å²) in [7, 11) is 0. The number of benzene rings is 1. The van der Waals surface area contributed by atoms with Crippen LogP contribution in [0.1, 0.15) is 32.3 Å². The Bertz CT molecular complexity index is 568. The van der Waals surface area contributed by atoms with Crippen LogP contribution in [0.15, 0.2) is 18.2 Å². The molecule has 0 bridgehead atoms. The number of carboxylic acid groups (broad SMARTS) is 1. The summed E-state index contributed by atoms with van der Waals surface area (Å²) in [5.74, 6) is 0.333. The fourth-order valence-electron chi connectivity index (χ4n) is 2.29. The molecular weight excluding hydrogens is 286 g/mol. The predicted octanol–water partition coefficient (Wildman–Crippen LogP) is 1.76. The van der Waals surface area contributed by atoms with E-state index < -0.39 is 11.5 Å². The third-order valence-corrected chi connectivity index (χ3v) is 3.41. The average Bonchev–Trinajstić information content (AvgIpc) is 2.44. The summed E-state index contributed by atoms with van der Waals surface area (Å²) in [6, 6.07) is 5.43. The van der Waals surface area contributed by atoms with Crippen molar-refractivity contribution in [3.8, 4) is 11.5 Å². The van der Waals surface area contributed by atoms with Crippen LogP contribution in [0.4, 0.5) is 0 Å². The number of ether oxygens (including phenoxy) is 2. The van der Waals surface area contributed by atoms with Gasteiger partial charge in [-0.15, -0.1) is 0 Å². The third kappa shape index (κ3) is 4.65. The molecule has 0 unspecified atom stereocenters. The number of fused-ring (bicyclic) bond motifs is 1. The number of carbonyl (C=O) groups excluding carboxylic acids is 1. The molecule has 2 N–H and O–H groups in total. The van der Waals surface area contributed by atoms with Gasteiger partial charge in [0.05, 0.1) is 6.42 Å². The second kappa shape index (κ2) is 6.68. The van der Waals surface area contributed by atoms with Crippen LogP contribution >= 0.6 is 0 Å². The fourth-order valence-corrected chi connectivity index (χ4v) is 2.29. The molecule has 0 spiro atoms. The minimum atomic E-state index is -0.867. The van der Waals surface area contributed by atoms with Gasteiger partial charge in [0.15, 0.2) is 11.5 Å². The quantitative estimate of drug-likeness (QED) is 0.836. The molecule has 0 saturated carbocycles. The molecule has 0 fully saturated rings. The molecule has 0 aliphatic carbocycles. The Labute approximate surface area is 129 Å². The highest BCUT2D eigenvalue weighted by Crippen LogP contribution is 2.30. The first kappa shape index (κ1) is 16.1. The summed E-state index contributed by atoms with van der Waals surface area (Å²) in [6.45, 7) is 4.67. The zero-order chi connectivity index (χ0) is 16.2. The molecule has 6 heteroatoms. The minimum Gasteiger partial charge on any atom is -0.486 e. The largest absolute Gasteiger partial charge is 0.486 e. The maximum Gasteiger partial charge on any atom is 0.303 e. The highest BCUT2D eigenvalue weighted by molar-refractivity contribution is 5.79. The summed E-state index contributed by atoms with van der Waals surface area (Å²) in [6.07, 6.45) is 0.625. The SMILES string of the molecule is CC(C)(CCC(=O)O)NC(=O)Cc1ccc2c(c1)OCCO2. The summed E-state index contributed by atoms with van der Waals surface area (Å²) < 4.78 is 10.9. The third-order valence-electron chi connectivity index (χ3n) is 3.41. The molecule has 1 heterocycles. The summed E-state index contributed by atoms with van der Waals surface area (Å²) in [4.78, 5) is 22.7. The summed E-state index contributed by atoms with van der Waals surface area (Å²) in [5.41, 5.74) is 0.277. The average molecular weight is 307 g/mol. The van der Waals surface area contributed by atoms with Gasteiger partial charge in [-0.1, -0.05) is 6.07 Å². The first-order valence-electron chi connectivity index (χ1n) is 7.27. The van der Waals surface area contributed by atoms with Gasteiger partial charge in [-0.2, -0.15) is 0 Å². The van der Waals surface area contributed by atoms with Crippen LogP contribution in [0.3, 0.4) is 0 Å². The molecule has 2 rings (SSSR count). The highest BCUT2D eigenvalue weighted by Gasteiger charge is 2.22. The van der Waals surface area contributed by atoms with Gasteiger partial charge in [0.25, 0.3) is 0 Å². The predicted molar refractivity (Wildman–Crippen MR) is 80.2 cm³/mol. The van der Waals surface area contributed by atoms with E-state index in [-0.39, 0.29) is 18.7 Å². The molecule has 0 saturated heterocycles. The number of carboxylic acids is 1. The van der Waals surface area contributed by atoms with Crippen molar-refractivity contribution in [1.29, 1.82) is 0 Å². The number of amides is 1. The van der Waals surface area contributed by atoms with Crippen molar-refractivity contribution < 1.29 is 24.2 Å². The van der Waals surface area contributed by atoms with Gasteiger partial charge in [-0.3, -0.25) is 9.59 Å². The van der Waals surface area contributed by atoms with Crippen molar-refractivity contribution in [2.45, 2.75) is 38.6 Å². The van der Waals surface area contributed by atoms with Gasteiger partial charge in [0, 0.05) is 12.0 Å². The van der Waals surface area contributed by atoms with E-state index in [1.165, 1.54) is 0 Å². The number of hydrogen-bond donors (Lipinski definition) is 2. The Morgan fingerprint density at radius 3 is 2.59 bits per heavy atom. The van der Waals surface area contributed by atoms with E-state index in [4.69, 9.17) is 14.6 Å². The van der Waals surface area contributed by atoms with Crippen LogP contribution in [0.25, 0.3) is 0 Å². The van der Waals surface area contributed by atoms with Crippen LogP contribution in [0.5, 0.6) is 11.5 Å². The van der Waals surface area contributed by atoms with Crippen LogP contribution in [0.2, 0.25) is 0 Å². The monoisotopic (exact) mass is 307 g/mol. The zero-order valence-electron chi connectivity index (χ0n) is 12.8. The fraction of sp³-hybridized carbons (Fsp3) is 0.500. The van der Waals surface area contributed by atoms with Gasteiger partial charge < -0.3 is 19.9 Å². The summed E-state index contributed by atoms with van der Waals surface area (Å²) >= 11 is 0. The Balaban J connectivity index is 1.92. The van der Waals surface area contributed by atoms with Crippen LogP contribution < -0.4 is 14.8 Å². The van der Waals surface area contributed by atoms with Gasteiger partial charge in [-0.05, 0) is 38.0 Å². The molecule has 1 amide bonds. The Morgan fingerprint density at radius 2 is 1.91 bits per heavy atom. The molecule has 1 aliphatic rings. The molecule has 0 aromatic heterocycles. The van der Waals surface area contributed by atoms with E-state index in [0.717, 1.165) is 5.56 Å². The Kier molecular flexibility index (Phi) is 4.90. The lowest BCUT2D eigenvalue weighted by Gasteiger charge is -2.26. The van der Waals surface area contributed by atoms with Crippen molar-refractivity contribution in [2.75, 3.05) is 13.2 Å². The summed E-state index contributed by atoms with van der Waals surface area (Å²) in [5, 5.41) is 11.6. The topological polar surface area (TPSA) is 84.9 Å². The van der Waals surface area contributed by atoms with Gasteiger partial charge >= 0.3 is 5.97 Å². The molecular formula is C16H21NO5. The molecule has 1 aromatic carbocycles. The Hall–Kier alpha value is -2.24. The maximum atomic E-state index is 12.1. The lowest BCUT2D eigenvalue weighted by atomic mass is 9.97.